The zero-order valence-corrected chi connectivity index (χ0v) is 20.9. The maximum Gasteiger partial charge on any atom is 0.245 e. The molecule has 3 heterocycles. The van der Waals surface area contributed by atoms with Gasteiger partial charge >= 0.3 is 0 Å². The molecule has 9 nitrogen and oxygen atoms in total. The molecule has 35 heavy (non-hydrogen) atoms. The molecule has 2 aromatic carbocycles. The lowest BCUT2D eigenvalue weighted by atomic mass is 10.1. The van der Waals surface area contributed by atoms with Gasteiger partial charge in [-0.3, -0.25) is 4.31 Å². The number of nitrogens with zero attached hydrogens (tertiary/aromatic N) is 6. The first-order valence-electron chi connectivity index (χ1n) is 11.5. The van der Waals surface area contributed by atoms with Crippen molar-refractivity contribution in [2.24, 2.45) is 0 Å². The first-order valence-corrected chi connectivity index (χ1v) is 13.3. The first kappa shape index (κ1) is 23.1. The van der Waals surface area contributed by atoms with Gasteiger partial charge in [0.1, 0.15) is 0 Å². The van der Waals surface area contributed by atoms with E-state index in [1.165, 1.54) is 16.2 Å². The Bertz CT molecular complexity index is 1440. The number of benzene rings is 2. The Hall–Kier alpha value is -3.63. The third-order valence-corrected chi connectivity index (χ3v) is 7.60. The first-order chi connectivity index (χ1) is 16.8. The minimum Gasteiger partial charge on any atom is -0.369 e. The Morgan fingerprint density at radius 2 is 1.71 bits per heavy atom. The molecular formula is C25H29N7O2S. The van der Waals surface area contributed by atoms with Gasteiger partial charge in [0.2, 0.25) is 16.0 Å². The Morgan fingerprint density at radius 1 is 0.971 bits per heavy atom. The van der Waals surface area contributed by atoms with Crippen molar-refractivity contribution in [2.45, 2.75) is 0 Å². The normalized spacial score (nSPS) is 14.9. The number of aromatic nitrogens is 3. The molecule has 1 fully saturated rings. The lowest BCUT2D eigenvalue weighted by Gasteiger charge is -2.34. The summed E-state index contributed by atoms with van der Waals surface area (Å²) >= 11 is 0. The molecule has 2 aromatic heterocycles. The molecule has 0 amide bonds. The van der Waals surface area contributed by atoms with Crippen molar-refractivity contribution < 1.29 is 8.42 Å². The maximum absolute atomic E-state index is 12.0. The molecular weight excluding hydrogens is 462 g/mol. The summed E-state index contributed by atoms with van der Waals surface area (Å²) in [6.07, 6.45) is 2.96. The summed E-state index contributed by atoms with van der Waals surface area (Å²) in [4.78, 5) is 9.20. The van der Waals surface area contributed by atoms with Crippen LogP contribution in [0.5, 0.6) is 0 Å². The summed E-state index contributed by atoms with van der Waals surface area (Å²) in [5.41, 5.74) is 5.27. The molecule has 10 heteroatoms. The zero-order chi connectivity index (χ0) is 24.6. The van der Waals surface area contributed by atoms with Crippen molar-refractivity contribution in [3.8, 4) is 11.3 Å². The second-order valence-corrected chi connectivity index (χ2v) is 10.9. The topological polar surface area (TPSA) is 86.1 Å². The molecule has 1 aliphatic heterocycles. The second kappa shape index (κ2) is 9.20. The van der Waals surface area contributed by atoms with Crippen LogP contribution in [0.4, 0.5) is 23.0 Å². The Balaban J connectivity index is 1.38. The Labute approximate surface area is 205 Å². The van der Waals surface area contributed by atoms with Gasteiger partial charge in [-0.25, -0.2) is 17.9 Å². The average Bonchev–Trinajstić information content (AvgIpc) is 3.27. The molecule has 0 aliphatic carbocycles. The average molecular weight is 492 g/mol. The highest BCUT2D eigenvalue weighted by Gasteiger charge is 2.15. The van der Waals surface area contributed by atoms with Crippen LogP contribution in [0.15, 0.2) is 66.9 Å². The van der Waals surface area contributed by atoms with E-state index in [0.29, 0.717) is 11.6 Å². The summed E-state index contributed by atoms with van der Waals surface area (Å²) in [7, 11) is 0.348. The molecule has 1 saturated heterocycles. The third-order valence-electron chi connectivity index (χ3n) is 6.39. The molecule has 0 atom stereocenters. The number of hydrogen-bond acceptors (Lipinski definition) is 7. The molecule has 0 spiro atoms. The highest BCUT2D eigenvalue weighted by atomic mass is 32.2. The quantitative estimate of drug-likeness (QED) is 0.443. The van der Waals surface area contributed by atoms with Crippen LogP contribution in [0.25, 0.3) is 16.8 Å². The Morgan fingerprint density at radius 3 is 2.43 bits per heavy atom. The highest BCUT2D eigenvalue weighted by molar-refractivity contribution is 7.92. The standard InChI is InChI=1S/C25H29N7O2S/c1-29-13-15-31(16-14-29)21-9-7-20(8-10-21)27-25-26-18-23-11-12-24(32(23)28-25)19-5-4-6-22(17-19)30(2)35(3,33)34/h4-12,17-18H,13-16H2,1-3H3,(H,27,28). The van der Waals surface area contributed by atoms with Gasteiger partial charge in [-0.15, -0.1) is 5.10 Å². The fourth-order valence-corrected chi connectivity index (χ4v) is 4.68. The van der Waals surface area contributed by atoms with Gasteiger partial charge in [0.15, 0.2) is 0 Å². The van der Waals surface area contributed by atoms with Gasteiger partial charge in [0, 0.05) is 50.2 Å². The lowest BCUT2D eigenvalue weighted by Crippen LogP contribution is -2.44. The van der Waals surface area contributed by atoms with E-state index in [9.17, 15) is 8.42 Å². The van der Waals surface area contributed by atoms with E-state index in [0.717, 1.165) is 48.6 Å². The lowest BCUT2D eigenvalue weighted by molar-refractivity contribution is 0.313. The number of sulfonamides is 1. The number of hydrogen-bond donors (Lipinski definition) is 1. The second-order valence-electron chi connectivity index (χ2n) is 8.88. The summed E-state index contributed by atoms with van der Waals surface area (Å²) < 4.78 is 27.0. The largest absolute Gasteiger partial charge is 0.369 e. The highest BCUT2D eigenvalue weighted by Crippen LogP contribution is 2.27. The molecule has 1 aliphatic rings. The van der Waals surface area contributed by atoms with Crippen LogP contribution in [0, 0.1) is 0 Å². The van der Waals surface area contributed by atoms with Crippen LogP contribution in [-0.4, -0.2) is 74.4 Å². The van der Waals surface area contributed by atoms with Crippen molar-refractivity contribution in [1.29, 1.82) is 0 Å². The number of likely N-dealkylation sites (N-methyl/N-ethyl adjacent to an activating group) is 1. The van der Waals surface area contributed by atoms with E-state index in [4.69, 9.17) is 5.10 Å². The Kier molecular flexibility index (Phi) is 6.08. The van der Waals surface area contributed by atoms with Gasteiger partial charge < -0.3 is 15.1 Å². The van der Waals surface area contributed by atoms with E-state index in [1.54, 1.807) is 19.3 Å². The summed E-state index contributed by atoms with van der Waals surface area (Å²) in [5, 5.41) is 7.99. The minimum atomic E-state index is -3.35. The number of fused-ring (bicyclic) bond motifs is 1. The van der Waals surface area contributed by atoms with Crippen molar-refractivity contribution in [3.63, 3.8) is 0 Å². The van der Waals surface area contributed by atoms with Gasteiger partial charge in [-0.2, -0.15) is 0 Å². The van der Waals surface area contributed by atoms with Gasteiger partial charge in [0.05, 0.1) is 29.4 Å². The van der Waals surface area contributed by atoms with E-state index in [1.807, 2.05) is 47.0 Å². The number of nitrogens with one attached hydrogen (secondary N) is 1. The number of piperazine rings is 1. The predicted octanol–water partition coefficient (Wildman–Crippen LogP) is 3.29. The zero-order valence-electron chi connectivity index (χ0n) is 20.1. The minimum absolute atomic E-state index is 0.478. The molecule has 0 bridgehead atoms. The number of anilines is 4. The fourth-order valence-electron chi connectivity index (χ4n) is 4.18. The van der Waals surface area contributed by atoms with E-state index >= 15 is 0 Å². The van der Waals surface area contributed by atoms with Crippen LogP contribution >= 0.6 is 0 Å². The monoisotopic (exact) mass is 491 g/mol. The SMILES string of the molecule is CN1CCN(c2ccc(Nc3ncc4ccc(-c5cccc(N(C)S(C)(=O)=O)c5)n4n3)cc2)CC1. The van der Waals surface area contributed by atoms with Crippen molar-refractivity contribution in [1.82, 2.24) is 19.5 Å². The fraction of sp³-hybridized carbons (Fsp3) is 0.280. The van der Waals surface area contributed by atoms with E-state index in [2.05, 4.69) is 39.3 Å². The van der Waals surface area contributed by atoms with Crippen LogP contribution in [0.2, 0.25) is 0 Å². The van der Waals surface area contributed by atoms with Crippen molar-refractivity contribution >= 4 is 38.6 Å². The van der Waals surface area contributed by atoms with Crippen molar-refractivity contribution in [2.75, 3.05) is 61.1 Å². The smallest absolute Gasteiger partial charge is 0.245 e. The van der Waals surface area contributed by atoms with Gasteiger partial charge in [-0.05, 0) is 55.6 Å². The summed E-state index contributed by atoms with van der Waals surface area (Å²) in [6, 6.07) is 19.6. The van der Waals surface area contributed by atoms with Crippen LogP contribution < -0.4 is 14.5 Å². The number of rotatable bonds is 6. The van der Waals surface area contributed by atoms with Crippen molar-refractivity contribution in [3.05, 3.63) is 66.9 Å². The van der Waals surface area contributed by atoms with Crippen LogP contribution in [0.1, 0.15) is 0 Å². The molecule has 4 aromatic rings. The molecule has 0 unspecified atom stereocenters. The van der Waals surface area contributed by atoms with Crippen LogP contribution in [-0.2, 0) is 10.0 Å². The summed E-state index contributed by atoms with van der Waals surface area (Å²) in [6.45, 7) is 4.20. The van der Waals surface area contributed by atoms with Gasteiger partial charge in [-0.1, -0.05) is 12.1 Å². The third kappa shape index (κ3) is 4.94. The van der Waals surface area contributed by atoms with Crippen LogP contribution in [0.3, 0.4) is 0 Å². The molecule has 0 saturated carbocycles. The molecule has 182 valence electrons. The van der Waals surface area contributed by atoms with Gasteiger partial charge in [0.25, 0.3) is 0 Å². The predicted molar refractivity (Wildman–Crippen MR) is 141 cm³/mol. The molecule has 1 N–H and O–H groups in total. The van der Waals surface area contributed by atoms with E-state index in [-0.39, 0.29) is 0 Å². The molecule has 0 radical (unpaired) electrons. The van der Waals surface area contributed by atoms with E-state index < -0.39 is 10.0 Å². The molecule has 5 rings (SSSR count). The summed E-state index contributed by atoms with van der Waals surface area (Å²) in [5.74, 6) is 0.478. The maximum atomic E-state index is 12.0.